The molecular weight excluding hydrogens is 162 g/mol. The van der Waals surface area contributed by atoms with E-state index in [0.29, 0.717) is 5.56 Å². The van der Waals surface area contributed by atoms with Crippen molar-refractivity contribution in [1.29, 1.82) is 5.26 Å². The highest BCUT2D eigenvalue weighted by Gasteiger charge is 2.00. The maximum atomic E-state index is 11.4. The van der Waals surface area contributed by atoms with Crippen LogP contribution in [0.3, 0.4) is 0 Å². The smallest absolute Gasteiger partial charge is 0.166 e. The first-order valence-corrected chi connectivity index (χ1v) is 3.97. The summed E-state index contributed by atoms with van der Waals surface area (Å²) in [6.45, 7) is 0. The summed E-state index contributed by atoms with van der Waals surface area (Å²) >= 11 is 0. The molecule has 1 aromatic carbocycles. The Kier molecular flexibility index (Phi) is 3.46. The van der Waals surface area contributed by atoms with E-state index in [1.54, 1.807) is 18.2 Å². The molecule has 2 heteroatoms. The molecule has 64 valence electrons. The molecule has 0 aliphatic carbocycles. The van der Waals surface area contributed by atoms with Crippen molar-refractivity contribution in [1.82, 2.24) is 0 Å². The van der Waals surface area contributed by atoms with Crippen LogP contribution in [-0.2, 0) is 0 Å². The Morgan fingerprint density at radius 1 is 1.38 bits per heavy atom. The predicted octanol–water partition coefficient (Wildman–Crippen LogP) is 2.34. The highest BCUT2D eigenvalue weighted by Crippen LogP contribution is 2.02. The van der Waals surface area contributed by atoms with Crippen molar-refractivity contribution in [3.8, 4) is 6.07 Å². The molecule has 0 amide bonds. The first-order valence-electron chi connectivity index (χ1n) is 3.97. The number of rotatable bonds is 3. The summed E-state index contributed by atoms with van der Waals surface area (Å²) in [5.41, 5.74) is 0.685. The number of carbonyl (C=O) groups excluding carboxylic acids is 1. The van der Waals surface area contributed by atoms with Crippen LogP contribution in [0, 0.1) is 11.3 Å². The molecule has 0 unspecified atom stereocenters. The highest BCUT2D eigenvalue weighted by molar-refractivity contribution is 5.96. The van der Waals surface area contributed by atoms with E-state index >= 15 is 0 Å². The van der Waals surface area contributed by atoms with Crippen molar-refractivity contribution < 1.29 is 4.79 Å². The molecule has 0 saturated heterocycles. The van der Waals surface area contributed by atoms with Crippen LogP contribution >= 0.6 is 0 Å². The van der Waals surface area contributed by atoms with Gasteiger partial charge in [-0.2, -0.15) is 5.26 Å². The van der Waals surface area contributed by atoms with Crippen molar-refractivity contribution in [3.63, 3.8) is 0 Å². The van der Waals surface area contributed by atoms with Gasteiger partial charge in [-0.1, -0.05) is 36.4 Å². The molecule has 13 heavy (non-hydrogen) atoms. The number of nitriles is 1. The molecule has 0 spiro atoms. The van der Waals surface area contributed by atoms with Gasteiger partial charge in [-0.15, -0.1) is 0 Å². The van der Waals surface area contributed by atoms with E-state index in [0.717, 1.165) is 0 Å². The van der Waals surface area contributed by atoms with Gasteiger partial charge in [-0.25, -0.2) is 0 Å². The average Bonchev–Trinajstić information content (AvgIpc) is 2.19. The Morgan fingerprint density at radius 2 is 2.08 bits per heavy atom. The maximum Gasteiger partial charge on any atom is 0.166 e. The minimum atomic E-state index is 0.0344. The van der Waals surface area contributed by atoms with Crippen molar-refractivity contribution >= 4 is 5.78 Å². The first-order chi connectivity index (χ1) is 6.34. The van der Waals surface area contributed by atoms with Crippen LogP contribution in [0.1, 0.15) is 16.8 Å². The topological polar surface area (TPSA) is 40.9 Å². The fourth-order valence-corrected chi connectivity index (χ4v) is 0.961. The molecule has 0 radical (unpaired) electrons. The number of hydrogen-bond acceptors (Lipinski definition) is 2. The van der Waals surface area contributed by atoms with Crippen LogP contribution in [0.4, 0.5) is 0 Å². The first kappa shape index (κ1) is 9.21. The van der Waals surface area contributed by atoms with Gasteiger partial charge in [0.15, 0.2) is 5.78 Å². The quantitative estimate of drug-likeness (QED) is 0.517. The third kappa shape index (κ3) is 2.92. The Morgan fingerprint density at radius 3 is 2.69 bits per heavy atom. The summed E-state index contributed by atoms with van der Waals surface area (Å²) in [7, 11) is 0. The summed E-state index contributed by atoms with van der Waals surface area (Å²) in [6, 6.07) is 10.9. The molecule has 0 aliphatic heterocycles. The Labute approximate surface area is 77.1 Å². The van der Waals surface area contributed by atoms with E-state index in [9.17, 15) is 4.79 Å². The minimum absolute atomic E-state index is 0.0344. The van der Waals surface area contributed by atoms with Gasteiger partial charge < -0.3 is 0 Å². The molecule has 0 saturated carbocycles. The summed E-state index contributed by atoms with van der Waals surface area (Å²) in [6.07, 6.45) is 3.17. The van der Waals surface area contributed by atoms with Crippen LogP contribution in [-0.4, -0.2) is 5.78 Å². The molecular formula is C11H9NO. The number of carbonyl (C=O) groups is 1. The van der Waals surface area contributed by atoms with Gasteiger partial charge in [0.25, 0.3) is 0 Å². The normalized spacial score (nSPS) is 9.77. The highest BCUT2D eigenvalue weighted by atomic mass is 16.1. The van der Waals surface area contributed by atoms with Gasteiger partial charge in [0.1, 0.15) is 0 Å². The number of hydrogen-bond donors (Lipinski definition) is 0. The number of nitrogens with zero attached hydrogens (tertiary/aromatic N) is 1. The lowest BCUT2D eigenvalue weighted by Gasteiger charge is -1.94. The lowest BCUT2D eigenvalue weighted by molar-refractivity contribution is 0.0996. The Hall–Kier alpha value is -1.88. The van der Waals surface area contributed by atoms with E-state index in [-0.39, 0.29) is 12.2 Å². The molecule has 0 bridgehead atoms. The molecule has 0 N–H and O–H groups in total. The zero-order valence-corrected chi connectivity index (χ0v) is 7.10. The monoisotopic (exact) mass is 171 g/mol. The van der Waals surface area contributed by atoms with Gasteiger partial charge in [0.2, 0.25) is 0 Å². The zero-order valence-electron chi connectivity index (χ0n) is 7.10. The lowest BCUT2D eigenvalue weighted by atomic mass is 10.1. The van der Waals surface area contributed by atoms with Gasteiger partial charge in [0, 0.05) is 18.1 Å². The SMILES string of the molecule is N#C/C=C/CC(=O)c1ccccc1. The number of ketones is 1. The fourth-order valence-electron chi connectivity index (χ4n) is 0.961. The van der Waals surface area contributed by atoms with Crippen molar-refractivity contribution in [2.45, 2.75) is 6.42 Å². The average molecular weight is 171 g/mol. The summed E-state index contributed by atoms with van der Waals surface area (Å²) in [5, 5.41) is 8.20. The predicted molar refractivity (Wildman–Crippen MR) is 50.1 cm³/mol. The number of benzene rings is 1. The molecule has 0 heterocycles. The van der Waals surface area contributed by atoms with E-state index < -0.39 is 0 Å². The van der Waals surface area contributed by atoms with Crippen LogP contribution in [0.25, 0.3) is 0 Å². The third-order valence-corrected chi connectivity index (χ3v) is 1.59. The van der Waals surface area contributed by atoms with E-state index in [1.165, 1.54) is 6.08 Å². The van der Waals surface area contributed by atoms with Crippen LogP contribution in [0.2, 0.25) is 0 Å². The third-order valence-electron chi connectivity index (χ3n) is 1.59. The van der Waals surface area contributed by atoms with Crippen molar-refractivity contribution in [2.24, 2.45) is 0 Å². The molecule has 1 rings (SSSR count). The second kappa shape index (κ2) is 4.89. The summed E-state index contributed by atoms with van der Waals surface area (Å²) < 4.78 is 0. The fraction of sp³-hybridized carbons (Fsp3) is 0.0909. The maximum absolute atomic E-state index is 11.4. The molecule has 0 atom stereocenters. The van der Waals surface area contributed by atoms with Gasteiger partial charge in [0.05, 0.1) is 6.07 Å². The van der Waals surface area contributed by atoms with Gasteiger partial charge in [-0.3, -0.25) is 4.79 Å². The molecule has 0 fully saturated rings. The zero-order chi connectivity index (χ0) is 9.52. The van der Waals surface area contributed by atoms with Crippen molar-refractivity contribution in [3.05, 3.63) is 48.0 Å². The number of allylic oxidation sites excluding steroid dienone is 2. The molecule has 0 aromatic heterocycles. The van der Waals surface area contributed by atoms with Crippen LogP contribution in [0.15, 0.2) is 42.5 Å². The second-order valence-electron chi connectivity index (χ2n) is 2.52. The van der Waals surface area contributed by atoms with Crippen LogP contribution in [0.5, 0.6) is 0 Å². The molecule has 1 aromatic rings. The van der Waals surface area contributed by atoms with Crippen molar-refractivity contribution in [2.75, 3.05) is 0 Å². The van der Waals surface area contributed by atoms with Gasteiger partial charge >= 0.3 is 0 Å². The standard InChI is InChI=1S/C11H9NO/c12-9-5-4-8-11(13)10-6-2-1-3-7-10/h1-7H,8H2/b5-4+. The number of Topliss-reactive ketones (excluding diaryl/α,β-unsaturated/α-hetero) is 1. The summed E-state index contributed by atoms with van der Waals surface area (Å²) in [5.74, 6) is 0.0344. The van der Waals surface area contributed by atoms with Crippen LogP contribution < -0.4 is 0 Å². The Bertz CT molecular complexity index is 346. The van der Waals surface area contributed by atoms with E-state index in [1.807, 2.05) is 24.3 Å². The Balaban J connectivity index is 2.61. The minimum Gasteiger partial charge on any atom is -0.294 e. The molecule has 0 aliphatic rings. The second-order valence-corrected chi connectivity index (χ2v) is 2.52. The summed E-state index contributed by atoms with van der Waals surface area (Å²) in [4.78, 5) is 11.4. The largest absolute Gasteiger partial charge is 0.294 e. The van der Waals surface area contributed by atoms with E-state index in [2.05, 4.69) is 0 Å². The lowest BCUT2D eigenvalue weighted by Crippen LogP contribution is -1.95. The van der Waals surface area contributed by atoms with Gasteiger partial charge in [-0.05, 0) is 0 Å². The molecule has 2 nitrogen and oxygen atoms in total. The van der Waals surface area contributed by atoms with E-state index in [4.69, 9.17) is 5.26 Å².